The van der Waals surface area contributed by atoms with Crippen LogP contribution in [0.25, 0.3) is 0 Å². The van der Waals surface area contributed by atoms with Gasteiger partial charge in [0.05, 0.1) is 5.69 Å². The molecule has 3 nitrogen and oxygen atoms in total. The first-order chi connectivity index (χ1) is 7.95. The molecule has 0 saturated carbocycles. The van der Waals surface area contributed by atoms with Crippen molar-refractivity contribution in [3.05, 3.63) is 47.2 Å². The van der Waals surface area contributed by atoms with E-state index in [0.29, 0.717) is 5.88 Å². The predicted molar refractivity (Wildman–Crippen MR) is 68.9 cm³/mol. The average molecular weight is 230 g/mol. The zero-order valence-electron chi connectivity index (χ0n) is 10.5. The first-order valence-electron chi connectivity index (χ1n) is 5.75. The molecular formula is C14H18N2O. The van der Waals surface area contributed by atoms with Crippen molar-refractivity contribution < 1.29 is 4.52 Å². The Bertz CT molecular complexity index is 492. The van der Waals surface area contributed by atoms with Crippen LogP contribution in [-0.4, -0.2) is 5.16 Å². The molecule has 1 aromatic heterocycles. The van der Waals surface area contributed by atoms with Gasteiger partial charge in [-0.2, -0.15) is 0 Å². The van der Waals surface area contributed by atoms with E-state index >= 15 is 0 Å². The summed E-state index contributed by atoms with van der Waals surface area (Å²) in [7, 11) is 0. The van der Waals surface area contributed by atoms with E-state index in [9.17, 15) is 0 Å². The first-order valence-corrected chi connectivity index (χ1v) is 5.75. The molecule has 0 spiro atoms. The van der Waals surface area contributed by atoms with Gasteiger partial charge in [0.1, 0.15) is 0 Å². The molecule has 2 N–H and O–H groups in total. The Kier molecular flexibility index (Phi) is 2.92. The van der Waals surface area contributed by atoms with Crippen LogP contribution in [0.1, 0.15) is 37.6 Å². The van der Waals surface area contributed by atoms with Crippen molar-refractivity contribution in [2.24, 2.45) is 0 Å². The minimum Gasteiger partial charge on any atom is -0.368 e. The fourth-order valence-electron chi connectivity index (χ4n) is 1.74. The van der Waals surface area contributed by atoms with Gasteiger partial charge in [-0.3, -0.25) is 0 Å². The van der Waals surface area contributed by atoms with Gasteiger partial charge in [0, 0.05) is 12.5 Å². The highest BCUT2D eigenvalue weighted by atomic mass is 16.5. The Hall–Kier alpha value is -1.77. The Morgan fingerprint density at radius 3 is 2.29 bits per heavy atom. The van der Waals surface area contributed by atoms with Crippen molar-refractivity contribution >= 4 is 5.88 Å². The van der Waals surface area contributed by atoms with Gasteiger partial charge in [-0.25, -0.2) is 0 Å². The van der Waals surface area contributed by atoms with Crippen LogP contribution in [0.15, 0.2) is 34.9 Å². The molecule has 0 unspecified atom stereocenters. The quantitative estimate of drug-likeness (QED) is 0.862. The summed E-state index contributed by atoms with van der Waals surface area (Å²) < 4.78 is 4.84. The van der Waals surface area contributed by atoms with Crippen molar-refractivity contribution in [3.8, 4) is 0 Å². The molecule has 2 rings (SSSR count). The second kappa shape index (κ2) is 4.24. The van der Waals surface area contributed by atoms with Gasteiger partial charge < -0.3 is 10.3 Å². The number of anilines is 1. The van der Waals surface area contributed by atoms with Gasteiger partial charge >= 0.3 is 0 Å². The molecule has 0 aliphatic carbocycles. The Labute approximate surface area is 102 Å². The van der Waals surface area contributed by atoms with Crippen LogP contribution in [0, 0.1) is 0 Å². The van der Waals surface area contributed by atoms with E-state index in [-0.39, 0.29) is 5.41 Å². The van der Waals surface area contributed by atoms with E-state index in [4.69, 9.17) is 10.3 Å². The fourth-order valence-corrected chi connectivity index (χ4v) is 1.74. The van der Waals surface area contributed by atoms with Crippen molar-refractivity contribution in [3.63, 3.8) is 0 Å². The van der Waals surface area contributed by atoms with Crippen molar-refractivity contribution in [2.75, 3.05) is 5.73 Å². The zero-order valence-corrected chi connectivity index (χ0v) is 10.5. The van der Waals surface area contributed by atoms with E-state index in [1.54, 1.807) is 6.07 Å². The molecule has 1 heterocycles. The highest BCUT2D eigenvalue weighted by molar-refractivity contribution is 5.32. The zero-order chi connectivity index (χ0) is 12.5. The second-order valence-electron chi connectivity index (χ2n) is 5.34. The minimum absolute atomic E-state index is 0.191. The largest absolute Gasteiger partial charge is 0.368 e. The summed E-state index contributed by atoms with van der Waals surface area (Å²) >= 11 is 0. The predicted octanol–water partition coefficient (Wildman–Crippen LogP) is 3.15. The standard InChI is InChI=1S/C14H18N2O/c1-14(2,3)11-6-4-10(5-7-11)8-12-9-13(15)17-16-12/h4-7,9H,8,15H2,1-3H3. The van der Waals surface area contributed by atoms with Gasteiger partial charge in [-0.1, -0.05) is 50.2 Å². The molecule has 0 aliphatic rings. The molecule has 0 atom stereocenters. The van der Waals surface area contributed by atoms with Crippen LogP contribution in [-0.2, 0) is 11.8 Å². The molecule has 3 heteroatoms. The van der Waals surface area contributed by atoms with Crippen molar-refractivity contribution in [1.29, 1.82) is 0 Å². The highest BCUT2D eigenvalue weighted by Crippen LogP contribution is 2.22. The van der Waals surface area contributed by atoms with Gasteiger partial charge in [0.25, 0.3) is 0 Å². The number of hydrogen-bond donors (Lipinski definition) is 1. The van der Waals surface area contributed by atoms with Crippen LogP contribution in [0.3, 0.4) is 0 Å². The van der Waals surface area contributed by atoms with E-state index in [2.05, 4.69) is 50.2 Å². The summed E-state index contributed by atoms with van der Waals surface area (Å²) in [6.45, 7) is 6.63. The lowest BCUT2D eigenvalue weighted by molar-refractivity contribution is 0.429. The summed E-state index contributed by atoms with van der Waals surface area (Å²) in [5.41, 5.74) is 9.09. The van der Waals surface area contributed by atoms with Crippen molar-refractivity contribution in [1.82, 2.24) is 5.16 Å². The SMILES string of the molecule is CC(C)(C)c1ccc(Cc2cc(N)on2)cc1. The number of nitrogen functional groups attached to an aromatic ring is 1. The maximum atomic E-state index is 5.48. The third kappa shape index (κ3) is 2.87. The summed E-state index contributed by atoms with van der Waals surface area (Å²) in [6, 6.07) is 10.4. The lowest BCUT2D eigenvalue weighted by Gasteiger charge is -2.19. The normalized spacial score (nSPS) is 11.7. The maximum absolute atomic E-state index is 5.48. The van der Waals surface area contributed by atoms with Gasteiger partial charge in [-0.15, -0.1) is 0 Å². The van der Waals surface area contributed by atoms with E-state index in [0.717, 1.165) is 12.1 Å². The first kappa shape index (κ1) is 11.7. The molecule has 0 saturated heterocycles. The van der Waals surface area contributed by atoms with Crippen LogP contribution >= 0.6 is 0 Å². The highest BCUT2D eigenvalue weighted by Gasteiger charge is 2.13. The minimum atomic E-state index is 0.191. The summed E-state index contributed by atoms with van der Waals surface area (Å²) in [6.07, 6.45) is 0.755. The number of nitrogens with zero attached hydrogens (tertiary/aromatic N) is 1. The van der Waals surface area contributed by atoms with E-state index < -0.39 is 0 Å². The van der Waals surface area contributed by atoms with Crippen LogP contribution in [0.5, 0.6) is 0 Å². The third-order valence-corrected chi connectivity index (χ3v) is 2.78. The number of benzene rings is 1. The molecule has 0 bridgehead atoms. The topological polar surface area (TPSA) is 52.0 Å². The molecule has 17 heavy (non-hydrogen) atoms. The lowest BCUT2D eigenvalue weighted by atomic mass is 9.86. The van der Waals surface area contributed by atoms with Gasteiger partial charge in [0.2, 0.25) is 5.88 Å². The molecule has 90 valence electrons. The smallest absolute Gasteiger partial charge is 0.222 e. The number of nitrogens with two attached hydrogens (primary N) is 1. The monoisotopic (exact) mass is 230 g/mol. The number of aromatic nitrogens is 1. The van der Waals surface area contributed by atoms with E-state index in [1.165, 1.54) is 11.1 Å². The van der Waals surface area contributed by atoms with E-state index in [1.807, 2.05) is 0 Å². The molecule has 0 amide bonds. The molecule has 2 aromatic rings. The third-order valence-electron chi connectivity index (χ3n) is 2.78. The maximum Gasteiger partial charge on any atom is 0.222 e. The number of rotatable bonds is 2. The fraction of sp³-hybridized carbons (Fsp3) is 0.357. The summed E-state index contributed by atoms with van der Waals surface area (Å²) in [5.74, 6) is 0.367. The molecular weight excluding hydrogens is 212 g/mol. The van der Waals surface area contributed by atoms with Crippen LogP contribution < -0.4 is 5.73 Å². The Morgan fingerprint density at radius 2 is 1.82 bits per heavy atom. The van der Waals surface area contributed by atoms with Crippen molar-refractivity contribution in [2.45, 2.75) is 32.6 Å². The molecule has 1 aromatic carbocycles. The lowest BCUT2D eigenvalue weighted by Crippen LogP contribution is -2.10. The van der Waals surface area contributed by atoms with Gasteiger partial charge in [0.15, 0.2) is 0 Å². The summed E-state index contributed by atoms with van der Waals surface area (Å²) in [4.78, 5) is 0. The molecule has 0 fully saturated rings. The Balaban J connectivity index is 2.13. The summed E-state index contributed by atoms with van der Waals surface area (Å²) in [5, 5.41) is 3.88. The second-order valence-corrected chi connectivity index (χ2v) is 5.34. The molecule has 0 aliphatic heterocycles. The van der Waals surface area contributed by atoms with Crippen LogP contribution in [0.2, 0.25) is 0 Å². The number of hydrogen-bond acceptors (Lipinski definition) is 3. The van der Waals surface area contributed by atoms with Crippen LogP contribution in [0.4, 0.5) is 5.88 Å². The average Bonchev–Trinajstić information content (AvgIpc) is 2.63. The van der Waals surface area contributed by atoms with Gasteiger partial charge in [-0.05, 0) is 16.5 Å². The molecule has 0 radical (unpaired) electrons. The Morgan fingerprint density at radius 1 is 1.18 bits per heavy atom.